The van der Waals surface area contributed by atoms with Gasteiger partial charge in [-0.1, -0.05) is 30.7 Å². The van der Waals surface area contributed by atoms with Gasteiger partial charge in [0.25, 0.3) is 0 Å². The highest BCUT2D eigenvalue weighted by Crippen LogP contribution is 2.40. The molecule has 0 saturated carbocycles. The second-order valence-electron chi connectivity index (χ2n) is 6.72. The van der Waals surface area contributed by atoms with Gasteiger partial charge in [-0.2, -0.15) is 0 Å². The molecule has 0 radical (unpaired) electrons. The van der Waals surface area contributed by atoms with Crippen LogP contribution in [0.4, 0.5) is 5.69 Å². The van der Waals surface area contributed by atoms with Gasteiger partial charge in [-0.15, -0.1) is 0 Å². The number of imide groups is 1. The van der Waals surface area contributed by atoms with Gasteiger partial charge in [-0.3, -0.25) is 14.5 Å². The van der Waals surface area contributed by atoms with E-state index in [4.69, 9.17) is 16.3 Å². The van der Waals surface area contributed by atoms with Crippen LogP contribution in [0.5, 0.6) is 11.5 Å². The molecule has 2 aliphatic rings. The van der Waals surface area contributed by atoms with E-state index in [0.717, 1.165) is 0 Å². The summed E-state index contributed by atoms with van der Waals surface area (Å²) in [6, 6.07) is 14.1. The summed E-state index contributed by atoms with van der Waals surface area (Å²) in [5, 5.41) is 0.643. The number of hydrogen-bond acceptors (Lipinski definition) is 3. The predicted octanol–water partition coefficient (Wildman–Crippen LogP) is 4.83. The lowest BCUT2D eigenvalue weighted by molar-refractivity contribution is -0.122. The first-order valence-electron chi connectivity index (χ1n) is 8.62. The lowest BCUT2D eigenvalue weighted by Crippen LogP contribution is -2.31. The number of nitrogens with zero attached hydrogens (tertiary/aromatic N) is 1. The molecule has 2 aromatic rings. The number of anilines is 1. The molecule has 0 bridgehead atoms. The summed E-state index contributed by atoms with van der Waals surface area (Å²) in [4.78, 5) is 26.9. The molecule has 1 fully saturated rings. The highest BCUT2D eigenvalue weighted by atomic mass is 35.5. The van der Waals surface area contributed by atoms with E-state index >= 15 is 0 Å². The van der Waals surface area contributed by atoms with Gasteiger partial charge in [0, 0.05) is 5.02 Å². The van der Waals surface area contributed by atoms with Crippen molar-refractivity contribution >= 4 is 29.1 Å². The molecule has 2 amide bonds. The molecular formula is C21H18ClNO3. The van der Waals surface area contributed by atoms with Crippen molar-refractivity contribution in [3.05, 3.63) is 65.7 Å². The predicted molar refractivity (Wildman–Crippen MR) is 100 cm³/mol. The van der Waals surface area contributed by atoms with E-state index in [2.05, 4.69) is 0 Å². The number of carbonyl (C=O) groups is 2. The summed E-state index contributed by atoms with van der Waals surface area (Å²) in [5.74, 6) is 0.669. The number of benzene rings is 2. The minimum Gasteiger partial charge on any atom is -0.457 e. The van der Waals surface area contributed by atoms with Crippen LogP contribution in [0.2, 0.25) is 5.02 Å². The summed E-state index contributed by atoms with van der Waals surface area (Å²) < 4.78 is 5.76. The summed E-state index contributed by atoms with van der Waals surface area (Å²) in [6.45, 7) is 1.99. The highest BCUT2D eigenvalue weighted by Gasteiger charge is 2.50. The van der Waals surface area contributed by atoms with Crippen molar-refractivity contribution in [2.75, 3.05) is 4.90 Å². The molecule has 5 heteroatoms. The van der Waals surface area contributed by atoms with Crippen molar-refractivity contribution in [2.24, 2.45) is 17.8 Å². The van der Waals surface area contributed by atoms with Crippen molar-refractivity contribution in [1.82, 2.24) is 0 Å². The minimum absolute atomic E-state index is 0.0858. The number of hydrogen-bond donors (Lipinski definition) is 0. The van der Waals surface area contributed by atoms with E-state index in [9.17, 15) is 9.59 Å². The van der Waals surface area contributed by atoms with E-state index in [1.54, 1.807) is 48.5 Å². The third kappa shape index (κ3) is 2.90. The second kappa shape index (κ2) is 6.61. The van der Waals surface area contributed by atoms with Crippen LogP contribution < -0.4 is 9.64 Å². The van der Waals surface area contributed by atoms with E-state index in [0.29, 0.717) is 28.6 Å². The van der Waals surface area contributed by atoms with Crippen LogP contribution in [0.15, 0.2) is 60.7 Å². The van der Waals surface area contributed by atoms with Crippen molar-refractivity contribution in [1.29, 1.82) is 0 Å². The lowest BCUT2D eigenvalue weighted by Gasteiger charge is -2.22. The topological polar surface area (TPSA) is 46.6 Å². The third-order valence-electron chi connectivity index (χ3n) is 5.02. The highest BCUT2D eigenvalue weighted by molar-refractivity contribution is 6.30. The van der Waals surface area contributed by atoms with Gasteiger partial charge in [-0.25, -0.2) is 0 Å². The molecule has 1 heterocycles. The number of halogens is 1. The number of ether oxygens (including phenoxy) is 1. The zero-order valence-electron chi connectivity index (χ0n) is 14.3. The quantitative estimate of drug-likeness (QED) is 0.576. The Morgan fingerprint density at radius 2 is 1.58 bits per heavy atom. The van der Waals surface area contributed by atoms with Crippen LogP contribution in [-0.4, -0.2) is 11.8 Å². The Bertz CT molecular complexity index is 873. The Kier molecular flexibility index (Phi) is 4.29. The van der Waals surface area contributed by atoms with E-state index in [1.165, 1.54) is 4.90 Å². The minimum atomic E-state index is -0.252. The molecule has 1 aliphatic heterocycles. The first-order chi connectivity index (χ1) is 12.5. The fourth-order valence-electron chi connectivity index (χ4n) is 3.70. The van der Waals surface area contributed by atoms with Gasteiger partial charge in [0.15, 0.2) is 0 Å². The van der Waals surface area contributed by atoms with Crippen molar-refractivity contribution in [3.63, 3.8) is 0 Å². The Morgan fingerprint density at radius 1 is 0.962 bits per heavy atom. The Balaban J connectivity index is 1.54. The summed E-state index contributed by atoms with van der Waals surface area (Å²) >= 11 is 5.87. The zero-order chi connectivity index (χ0) is 18.3. The van der Waals surface area contributed by atoms with Gasteiger partial charge >= 0.3 is 0 Å². The van der Waals surface area contributed by atoms with Crippen molar-refractivity contribution in [2.45, 2.75) is 13.3 Å². The van der Waals surface area contributed by atoms with E-state index in [-0.39, 0.29) is 29.6 Å². The number of carbonyl (C=O) groups excluding carboxylic acids is 2. The van der Waals surface area contributed by atoms with Crippen LogP contribution in [0.25, 0.3) is 0 Å². The van der Waals surface area contributed by atoms with Crippen LogP contribution in [0, 0.1) is 17.8 Å². The maximum absolute atomic E-state index is 12.8. The molecule has 26 heavy (non-hydrogen) atoms. The van der Waals surface area contributed by atoms with Crippen molar-refractivity contribution < 1.29 is 14.3 Å². The smallest absolute Gasteiger partial charge is 0.238 e. The first-order valence-corrected chi connectivity index (χ1v) is 9.00. The van der Waals surface area contributed by atoms with Gasteiger partial charge in [-0.05, 0) is 60.9 Å². The molecule has 0 unspecified atom stereocenters. The zero-order valence-corrected chi connectivity index (χ0v) is 15.0. The van der Waals surface area contributed by atoms with Gasteiger partial charge in [0.1, 0.15) is 11.5 Å². The Hall–Kier alpha value is -2.59. The average molecular weight is 368 g/mol. The van der Waals surface area contributed by atoms with Gasteiger partial charge < -0.3 is 4.74 Å². The molecule has 1 saturated heterocycles. The van der Waals surface area contributed by atoms with Crippen LogP contribution in [-0.2, 0) is 9.59 Å². The first kappa shape index (κ1) is 16.9. The standard InChI is InChI=1S/C21H18ClNO3/c1-13-3-2-4-18-19(13)21(25)23(20(18)24)15-7-11-17(12-8-15)26-16-9-5-14(22)6-10-16/h2-3,5-13,18-19H,4H2,1H3/t13-,18-,19+/m1/s1. The lowest BCUT2D eigenvalue weighted by atomic mass is 9.78. The third-order valence-corrected chi connectivity index (χ3v) is 5.27. The molecule has 4 nitrogen and oxygen atoms in total. The fraction of sp³-hybridized carbons (Fsp3) is 0.238. The fourth-order valence-corrected chi connectivity index (χ4v) is 3.83. The normalized spacial score (nSPS) is 24.7. The van der Waals surface area contributed by atoms with Crippen LogP contribution in [0.3, 0.4) is 0 Å². The maximum atomic E-state index is 12.8. The van der Waals surface area contributed by atoms with Crippen molar-refractivity contribution in [3.8, 4) is 11.5 Å². The molecular weight excluding hydrogens is 350 g/mol. The summed E-state index contributed by atoms with van der Waals surface area (Å²) in [5.41, 5.74) is 0.588. The summed E-state index contributed by atoms with van der Waals surface area (Å²) in [7, 11) is 0. The monoisotopic (exact) mass is 367 g/mol. The summed E-state index contributed by atoms with van der Waals surface area (Å²) in [6.07, 6.45) is 4.66. The SMILES string of the molecule is C[C@@H]1C=CC[C@H]2C(=O)N(c3ccc(Oc4ccc(Cl)cc4)cc3)C(=O)[C@@H]12. The molecule has 2 aromatic carbocycles. The molecule has 0 spiro atoms. The Morgan fingerprint density at radius 3 is 2.19 bits per heavy atom. The van der Waals surface area contributed by atoms with Gasteiger partial charge in [0.2, 0.25) is 11.8 Å². The second-order valence-corrected chi connectivity index (χ2v) is 7.15. The number of rotatable bonds is 3. The largest absolute Gasteiger partial charge is 0.457 e. The molecule has 0 aromatic heterocycles. The van der Waals surface area contributed by atoms with Crippen LogP contribution >= 0.6 is 11.6 Å². The molecule has 1 aliphatic carbocycles. The number of allylic oxidation sites excluding steroid dienone is 2. The Labute approximate surface area is 157 Å². The van der Waals surface area contributed by atoms with Crippen LogP contribution in [0.1, 0.15) is 13.3 Å². The maximum Gasteiger partial charge on any atom is 0.238 e. The molecule has 132 valence electrons. The molecule has 0 N–H and O–H groups in total. The number of amides is 2. The molecule has 4 rings (SSSR count). The van der Waals surface area contributed by atoms with E-state index < -0.39 is 0 Å². The van der Waals surface area contributed by atoms with Gasteiger partial charge in [0.05, 0.1) is 17.5 Å². The molecule has 3 atom stereocenters. The average Bonchev–Trinajstić information content (AvgIpc) is 2.90. The van der Waals surface area contributed by atoms with E-state index in [1.807, 2.05) is 19.1 Å². The number of fused-ring (bicyclic) bond motifs is 1.